The number of hydrogen-bond donors (Lipinski definition) is 4. The van der Waals surface area contributed by atoms with E-state index in [0.717, 1.165) is 4.90 Å². The van der Waals surface area contributed by atoms with Gasteiger partial charge in [-0.1, -0.05) is 103 Å². The molecule has 2 amide bonds. The molecule has 1 fully saturated rings. The maximum absolute atomic E-state index is 14.1. The molecule has 8 nitrogen and oxygen atoms in total. The molecule has 8 heteroatoms. The number of imide groups is 1. The van der Waals surface area contributed by atoms with Crippen molar-refractivity contribution in [1.29, 1.82) is 0 Å². The Bertz CT molecular complexity index is 1580. The molecular weight excluding hydrogens is 546 g/mol. The van der Waals surface area contributed by atoms with Crippen LogP contribution < -0.4 is 0 Å². The van der Waals surface area contributed by atoms with E-state index in [1.165, 1.54) is 12.1 Å². The molecule has 0 unspecified atom stereocenters. The van der Waals surface area contributed by atoms with Crippen LogP contribution in [0.5, 0.6) is 0 Å². The van der Waals surface area contributed by atoms with Crippen molar-refractivity contribution in [2.75, 3.05) is 6.61 Å². The Labute approximate surface area is 249 Å². The second kappa shape index (κ2) is 11.1. The van der Waals surface area contributed by atoms with E-state index in [-0.39, 0.29) is 30.4 Å². The van der Waals surface area contributed by atoms with Crippen LogP contribution in [0.25, 0.3) is 0 Å². The van der Waals surface area contributed by atoms with Gasteiger partial charge in [-0.25, -0.2) is 0 Å². The number of ether oxygens (including phenoxy) is 1. The maximum atomic E-state index is 14.1. The van der Waals surface area contributed by atoms with Crippen LogP contribution in [0.4, 0.5) is 0 Å². The zero-order valence-corrected chi connectivity index (χ0v) is 23.4. The molecule has 2 aliphatic rings. The first-order valence-electron chi connectivity index (χ1n) is 14.2. The molecule has 0 bridgehead atoms. The number of hydrogen-bond acceptors (Lipinski definition) is 7. The predicted molar refractivity (Wildman–Crippen MR) is 158 cm³/mol. The normalized spacial score (nSPS) is 28.6. The summed E-state index contributed by atoms with van der Waals surface area (Å²) in [5.41, 5.74) is -4.43. The molecule has 0 saturated carbocycles. The van der Waals surface area contributed by atoms with Crippen molar-refractivity contribution >= 4 is 11.8 Å². The van der Waals surface area contributed by atoms with E-state index < -0.39 is 47.6 Å². The van der Waals surface area contributed by atoms with Crippen molar-refractivity contribution < 1.29 is 34.8 Å². The third kappa shape index (κ3) is 4.59. The SMILES string of the molecule is O=C1c2ccccc2C(=O)N1[C@@]1(Cc2ccccc2)[C@H](O)O[C@](CO)(Cc2ccccc2)[C@@H](O)[C@@]1(O)Cc1ccccc1. The van der Waals surface area contributed by atoms with Gasteiger partial charge in [-0.3, -0.25) is 14.5 Å². The highest BCUT2D eigenvalue weighted by atomic mass is 16.6. The van der Waals surface area contributed by atoms with Gasteiger partial charge in [-0.2, -0.15) is 0 Å². The highest BCUT2D eigenvalue weighted by molar-refractivity contribution is 6.22. The van der Waals surface area contributed by atoms with Gasteiger partial charge in [0.2, 0.25) is 0 Å². The van der Waals surface area contributed by atoms with Gasteiger partial charge in [0.1, 0.15) is 22.8 Å². The van der Waals surface area contributed by atoms with Crippen LogP contribution in [0.2, 0.25) is 0 Å². The first-order valence-corrected chi connectivity index (χ1v) is 14.2. The molecule has 0 aromatic heterocycles. The van der Waals surface area contributed by atoms with Gasteiger partial charge in [0.05, 0.1) is 17.7 Å². The number of rotatable bonds is 8. The molecule has 220 valence electrons. The molecule has 2 aliphatic heterocycles. The van der Waals surface area contributed by atoms with Crippen molar-refractivity contribution in [1.82, 2.24) is 4.90 Å². The largest absolute Gasteiger partial charge is 0.393 e. The predicted octanol–water partition coefficient (Wildman–Crippen LogP) is 2.92. The van der Waals surface area contributed by atoms with Gasteiger partial charge in [0.15, 0.2) is 6.29 Å². The minimum absolute atomic E-state index is 0.0663. The summed E-state index contributed by atoms with van der Waals surface area (Å²) in [4.78, 5) is 29.1. The zero-order chi connectivity index (χ0) is 30.2. The third-order valence-corrected chi connectivity index (χ3v) is 8.90. The smallest absolute Gasteiger partial charge is 0.262 e. The number of amides is 2. The van der Waals surface area contributed by atoms with E-state index in [1.54, 1.807) is 97.1 Å². The summed E-state index contributed by atoms with van der Waals surface area (Å²) in [7, 11) is 0. The molecule has 6 rings (SSSR count). The van der Waals surface area contributed by atoms with E-state index >= 15 is 0 Å². The Morgan fingerprint density at radius 2 is 1.05 bits per heavy atom. The Balaban J connectivity index is 1.59. The van der Waals surface area contributed by atoms with E-state index in [0.29, 0.717) is 16.7 Å². The monoisotopic (exact) mass is 579 g/mol. The molecule has 4 aromatic rings. The second-order valence-corrected chi connectivity index (χ2v) is 11.4. The third-order valence-electron chi connectivity index (χ3n) is 8.90. The van der Waals surface area contributed by atoms with Crippen molar-refractivity contribution in [2.45, 2.75) is 48.4 Å². The van der Waals surface area contributed by atoms with Gasteiger partial charge < -0.3 is 25.2 Å². The quantitative estimate of drug-likeness (QED) is 0.237. The van der Waals surface area contributed by atoms with E-state index in [1.807, 2.05) is 6.07 Å². The fraction of sp³-hybridized carbons (Fsp3) is 0.257. The number of fused-ring (bicyclic) bond motifs is 1. The lowest BCUT2D eigenvalue weighted by Gasteiger charge is -2.62. The number of carbonyl (C=O) groups is 2. The fourth-order valence-electron chi connectivity index (χ4n) is 6.77. The molecule has 4 N–H and O–H groups in total. The van der Waals surface area contributed by atoms with Crippen LogP contribution in [-0.4, -0.2) is 72.9 Å². The second-order valence-electron chi connectivity index (χ2n) is 11.4. The first kappa shape index (κ1) is 28.9. The summed E-state index contributed by atoms with van der Waals surface area (Å²) in [6.45, 7) is -0.763. The number of aliphatic hydroxyl groups is 4. The van der Waals surface area contributed by atoms with Crippen molar-refractivity contribution in [3.05, 3.63) is 143 Å². The molecule has 0 spiro atoms. The molecule has 43 heavy (non-hydrogen) atoms. The Hall–Kier alpha value is -4.18. The fourth-order valence-corrected chi connectivity index (χ4v) is 6.77. The van der Waals surface area contributed by atoms with E-state index in [4.69, 9.17) is 4.74 Å². The van der Waals surface area contributed by atoms with Crippen LogP contribution in [0.15, 0.2) is 115 Å². The van der Waals surface area contributed by atoms with Crippen molar-refractivity contribution in [3.8, 4) is 0 Å². The zero-order valence-electron chi connectivity index (χ0n) is 23.4. The minimum atomic E-state index is -2.41. The van der Waals surface area contributed by atoms with Crippen molar-refractivity contribution in [2.24, 2.45) is 0 Å². The van der Waals surface area contributed by atoms with Crippen molar-refractivity contribution in [3.63, 3.8) is 0 Å². The van der Waals surface area contributed by atoms with Gasteiger partial charge in [-0.05, 0) is 28.8 Å². The number of aliphatic hydroxyl groups excluding tert-OH is 3. The summed E-state index contributed by atoms with van der Waals surface area (Å²) in [6.07, 6.45) is -4.46. The topological polar surface area (TPSA) is 128 Å². The van der Waals surface area contributed by atoms with Crippen LogP contribution in [0.1, 0.15) is 37.4 Å². The summed E-state index contributed by atoms with van der Waals surface area (Å²) in [5, 5.41) is 48.4. The van der Waals surface area contributed by atoms with Crippen LogP contribution in [-0.2, 0) is 24.0 Å². The standard InChI is InChI=1S/C35H33NO7/c37-23-33(20-24-12-4-1-5-13-24)31(40)35(42,22-26-16-8-3-9-17-26)34(32(41)43-33,21-25-14-6-2-7-15-25)36-29(38)27-18-10-11-19-28(27)30(36)39/h1-19,31-32,37,40-42H,20-23H2/t31-,32-,33+,34+,35+/m1/s1. The highest BCUT2D eigenvalue weighted by Crippen LogP contribution is 2.51. The highest BCUT2D eigenvalue weighted by Gasteiger charge is 2.73. The Morgan fingerprint density at radius 1 is 0.628 bits per heavy atom. The van der Waals surface area contributed by atoms with Gasteiger partial charge >= 0.3 is 0 Å². The minimum Gasteiger partial charge on any atom is -0.393 e. The summed E-state index contributed by atoms with van der Waals surface area (Å²) in [5.74, 6) is -1.45. The van der Waals surface area contributed by atoms with Gasteiger partial charge in [0, 0.05) is 19.3 Å². The Kier molecular flexibility index (Phi) is 7.50. The van der Waals surface area contributed by atoms with Gasteiger partial charge in [-0.15, -0.1) is 0 Å². The van der Waals surface area contributed by atoms with E-state index in [2.05, 4.69) is 0 Å². The number of benzene rings is 4. The first-order chi connectivity index (χ1) is 20.8. The average Bonchev–Trinajstić information content (AvgIpc) is 3.29. The lowest BCUT2D eigenvalue weighted by Crippen LogP contribution is -2.84. The molecule has 2 heterocycles. The molecule has 0 aliphatic carbocycles. The average molecular weight is 580 g/mol. The Morgan fingerprint density at radius 3 is 1.51 bits per heavy atom. The van der Waals surface area contributed by atoms with Gasteiger partial charge in [0.25, 0.3) is 11.8 Å². The lowest BCUT2D eigenvalue weighted by atomic mass is 9.61. The summed E-state index contributed by atoms with van der Waals surface area (Å²) in [6, 6.07) is 32.9. The molecule has 5 atom stereocenters. The van der Waals surface area contributed by atoms with E-state index in [9.17, 15) is 30.0 Å². The number of carbonyl (C=O) groups excluding carboxylic acids is 2. The summed E-state index contributed by atoms with van der Waals surface area (Å²) >= 11 is 0. The molecular formula is C35H33NO7. The van der Waals surface area contributed by atoms with Crippen LogP contribution in [0.3, 0.4) is 0 Å². The van der Waals surface area contributed by atoms with Crippen LogP contribution in [0, 0.1) is 0 Å². The molecule has 1 saturated heterocycles. The maximum Gasteiger partial charge on any atom is 0.262 e. The number of nitrogens with zero attached hydrogens (tertiary/aromatic N) is 1. The van der Waals surface area contributed by atoms with Crippen LogP contribution >= 0.6 is 0 Å². The summed E-state index contributed by atoms with van der Waals surface area (Å²) < 4.78 is 6.22. The lowest BCUT2D eigenvalue weighted by molar-refractivity contribution is -0.366. The molecule has 4 aromatic carbocycles. The molecule has 0 radical (unpaired) electrons.